The summed E-state index contributed by atoms with van der Waals surface area (Å²) < 4.78 is 32.5. The Balaban J connectivity index is 1.47. The highest BCUT2D eigenvalue weighted by Gasteiger charge is 2.37. The molecule has 2 aliphatic rings. The number of piperidine rings is 1. The van der Waals surface area contributed by atoms with Crippen LogP contribution in [0.4, 0.5) is 0 Å². The Morgan fingerprint density at radius 1 is 1.16 bits per heavy atom. The molecule has 168 valence electrons. The number of carbonyl (C=O) groups excluding carboxylic acids is 3. The van der Waals surface area contributed by atoms with E-state index in [9.17, 15) is 22.8 Å². The normalized spacial score (nSPS) is 19.2. The quantitative estimate of drug-likeness (QED) is 0.480. The summed E-state index contributed by atoms with van der Waals surface area (Å²) in [6.45, 7) is 2.41. The van der Waals surface area contributed by atoms with Gasteiger partial charge in [-0.2, -0.15) is 4.31 Å². The number of imide groups is 1. The van der Waals surface area contributed by atoms with Gasteiger partial charge in [-0.1, -0.05) is 12.1 Å². The zero-order valence-corrected chi connectivity index (χ0v) is 18.4. The highest BCUT2D eigenvalue weighted by atomic mass is 32.2. The van der Waals surface area contributed by atoms with E-state index in [-0.39, 0.29) is 41.8 Å². The van der Waals surface area contributed by atoms with Crippen LogP contribution in [0.5, 0.6) is 0 Å². The van der Waals surface area contributed by atoms with E-state index in [4.69, 9.17) is 4.74 Å². The third-order valence-electron chi connectivity index (χ3n) is 5.64. The summed E-state index contributed by atoms with van der Waals surface area (Å²) in [5.41, 5.74) is 0.998. The number of sulfonamides is 1. The van der Waals surface area contributed by atoms with E-state index in [1.165, 1.54) is 22.6 Å². The van der Waals surface area contributed by atoms with Crippen molar-refractivity contribution in [3.63, 3.8) is 0 Å². The van der Waals surface area contributed by atoms with E-state index in [2.05, 4.69) is 4.98 Å². The van der Waals surface area contributed by atoms with Crippen molar-refractivity contribution < 1.29 is 27.5 Å². The van der Waals surface area contributed by atoms with E-state index in [0.29, 0.717) is 24.9 Å². The molecule has 0 unspecified atom stereocenters. The van der Waals surface area contributed by atoms with Crippen molar-refractivity contribution >= 4 is 27.8 Å². The molecule has 0 radical (unpaired) electrons. The summed E-state index contributed by atoms with van der Waals surface area (Å²) >= 11 is 0. The molecule has 0 aliphatic carbocycles. The fourth-order valence-corrected chi connectivity index (χ4v) is 5.49. The average Bonchev–Trinajstić information content (AvgIpc) is 3.05. The molecular weight excluding hydrogens is 434 g/mol. The van der Waals surface area contributed by atoms with Gasteiger partial charge in [0.1, 0.15) is 5.69 Å². The van der Waals surface area contributed by atoms with Gasteiger partial charge in [0.15, 0.2) is 0 Å². The summed E-state index contributed by atoms with van der Waals surface area (Å²) in [6.07, 6.45) is 2.63. The van der Waals surface area contributed by atoms with E-state index in [1.54, 1.807) is 31.2 Å². The van der Waals surface area contributed by atoms with E-state index >= 15 is 0 Å². The summed E-state index contributed by atoms with van der Waals surface area (Å²) in [7, 11) is -3.78. The first-order chi connectivity index (χ1) is 15.3. The zero-order chi connectivity index (χ0) is 22.9. The predicted octanol–water partition coefficient (Wildman–Crippen LogP) is 1.84. The van der Waals surface area contributed by atoms with Crippen LogP contribution in [0.1, 0.15) is 46.2 Å². The summed E-state index contributed by atoms with van der Waals surface area (Å²) in [4.78, 5) is 42.2. The number of benzene rings is 1. The van der Waals surface area contributed by atoms with Gasteiger partial charge in [0.25, 0.3) is 11.8 Å². The maximum Gasteiger partial charge on any atom is 0.310 e. The predicted molar refractivity (Wildman–Crippen MR) is 113 cm³/mol. The Morgan fingerprint density at radius 3 is 2.59 bits per heavy atom. The minimum absolute atomic E-state index is 0.0169. The summed E-state index contributed by atoms with van der Waals surface area (Å²) in [5.74, 6) is -1.74. The van der Waals surface area contributed by atoms with Crippen molar-refractivity contribution in [2.45, 2.75) is 31.2 Å². The highest BCUT2D eigenvalue weighted by molar-refractivity contribution is 7.89. The standard InChI is InChI=1S/C22H23N3O6S/c1-2-31-22(28)16-5-4-12-24(14-16)32(29,30)17-9-7-15(8-10-17)13-25-20(26)18-6-3-11-23-19(18)21(25)27/h3,6-11,16H,2,4-5,12-14H2,1H3/t16-/m1/s1. The second-order valence-corrected chi connectivity index (χ2v) is 9.63. The first-order valence-corrected chi connectivity index (χ1v) is 11.8. The first kappa shape index (κ1) is 22.1. The SMILES string of the molecule is CCOC(=O)[C@@H]1CCCN(S(=O)(=O)c2ccc(CN3C(=O)c4cccnc4C3=O)cc2)C1. The molecule has 4 rings (SSSR count). The number of aromatic nitrogens is 1. The third kappa shape index (κ3) is 4.03. The van der Waals surface area contributed by atoms with Crippen molar-refractivity contribution in [3.05, 3.63) is 59.4 Å². The number of hydrogen-bond donors (Lipinski definition) is 0. The fraction of sp³-hybridized carbons (Fsp3) is 0.364. The minimum atomic E-state index is -3.78. The number of rotatable bonds is 6. The molecule has 1 atom stereocenters. The van der Waals surface area contributed by atoms with E-state index in [0.717, 1.165) is 4.90 Å². The highest BCUT2D eigenvalue weighted by Crippen LogP contribution is 2.26. The minimum Gasteiger partial charge on any atom is -0.466 e. The smallest absolute Gasteiger partial charge is 0.310 e. The molecule has 1 aromatic heterocycles. The first-order valence-electron chi connectivity index (χ1n) is 10.4. The van der Waals surface area contributed by atoms with Crippen LogP contribution in [0.15, 0.2) is 47.5 Å². The molecule has 3 heterocycles. The number of hydrogen-bond acceptors (Lipinski definition) is 7. The maximum atomic E-state index is 13.1. The van der Waals surface area contributed by atoms with Gasteiger partial charge < -0.3 is 4.74 Å². The Labute approximate surface area is 186 Å². The number of ether oxygens (including phenoxy) is 1. The lowest BCUT2D eigenvalue weighted by Crippen LogP contribution is -2.42. The second kappa shape index (κ2) is 8.79. The van der Waals surface area contributed by atoms with Crippen LogP contribution < -0.4 is 0 Å². The number of pyridine rings is 1. The van der Waals surface area contributed by atoms with Crippen LogP contribution in [0.3, 0.4) is 0 Å². The molecule has 2 amide bonds. The number of nitrogens with zero attached hydrogens (tertiary/aromatic N) is 3. The van der Waals surface area contributed by atoms with Crippen LogP contribution in [0.25, 0.3) is 0 Å². The molecule has 0 bridgehead atoms. The number of fused-ring (bicyclic) bond motifs is 1. The van der Waals surface area contributed by atoms with E-state index in [1.807, 2.05) is 0 Å². The molecular formula is C22H23N3O6S. The van der Waals surface area contributed by atoms with Gasteiger partial charge in [-0.3, -0.25) is 24.3 Å². The Kier molecular flexibility index (Phi) is 6.07. The fourth-order valence-electron chi connectivity index (χ4n) is 3.97. The number of amides is 2. The van der Waals surface area contributed by atoms with Crippen LogP contribution in [-0.2, 0) is 26.1 Å². The molecule has 2 aromatic rings. The van der Waals surface area contributed by atoms with Crippen LogP contribution >= 0.6 is 0 Å². The molecule has 1 saturated heterocycles. The van der Waals surface area contributed by atoms with Crippen molar-refractivity contribution in [1.82, 2.24) is 14.2 Å². The summed E-state index contributed by atoms with van der Waals surface area (Å²) in [6, 6.07) is 9.22. The monoisotopic (exact) mass is 457 g/mol. The lowest BCUT2D eigenvalue weighted by atomic mass is 10.0. The van der Waals surface area contributed by atoms with Gasteiger partial charge in [0, 0.05) is 19.3 Å². The topological polar surface area (TPSA) is 114 Å². The molecule has 2 aliphatic heterocycles. The van der Waals surface area contributed by atoms with Crippen LogP contribution in [-0.4, -0.2) is 60.1 Å². The molecule has 0 N–H and O–H groups in total. The molecule has 0 saturated carbocycles. The van der Waals surface area contributed by atoms with Crippen LogP contribution in [0, 0.1) is 5.92 Å². The molecule has 9 nitrogen and oxygen atoms in total. The maximum absolute atomic E-state index is 13.1. The van der Waals surface area contributed by atoms with Gasteiger partial charge in [-0.15, -0.1) is 0 Å². The van der Waals surface area contributed by atoms with Gasteiger partial charge >= 0.3 is 5.97 Å². The van der Waals surface area contributed by atoms with Crippen LogP contribution in [0.2, 0.25) is 0 Å². The lowest BCUT2D eigenvalue weighted by Gasteiger charge is -2.30. The zero-order valence-electron chi connectivity index (χ0n) is 17.6. The van der Waals surface area contributed by atoms with Crippen molar-refractivity contribution in [2.24, 2.45) is 5.92 Å². The molecule has 1 aromatic carbocycles. The van der Waals surface area contributed by atoms with Gasteiger partial charge in [0.05, 0.1) is 29.5 Å². The Hall–Kier alpha value is -3.11. The molecule has 10 heteroatoms. The van der Waals surface area contributed by atoms with Crippen molar-refractivity contribution in [2.75, 3.05) is 19.7 Å². The molecule has 0 spiro atoms. The van der Waals surface area contributed by atoms with Gasteiger partial charge in [0.2, 0.25) is 10.0 Å². The number of carbonyl (C=O) groups is 3. The average molecular weight is 458 g/mol. The van der Waals surface area contributed by atoms with Crippen molar-refractivity contribution in [3.8, 4) is 0 Å². The lowest BCUT2D eigenvalue weighted by molar-refractivity contribution is -0.149. The van der Waals surface area contributed by atoms with Gasteiger partial charge in [-0.05, 0) is 49.6 Å². The molecule has 32 heavy (non-hydrogen) atoms. The summed E-state index contributed by atoms with van der Waals surface area (Å²) in [5, 5.41) is 0. The number of esters is 1. The largest absolute Gasteiger partial charge is 0.466 e. The van der Waals surface area contributed by atoms with E-state index < -0.39 is 27.8 Å². The third-order valence-corrected chi connectivity index (χ3v) is 7.52. The molecule has 1 fully saturated rings. The Bertz CT molecular complexity index is 1130. The van der Waals surface area contributed by atoms with Gasteiger partial charge in [-0.25, -0.2) is 8.42 Å². The second-order valence-electron chi connectivity index (χ2n) is 7.69. The Morgan fingerprint density at radius 2 is 1.91 bits per heavy atom. The van der Waals surface area contributed by atoms with Crippen molar-refractivity contribution in [1.29, 1.82) is 0 Å².